The number of hydrogen-bond donors (Lipinski definition) is 0. The number of likely N-dealkylation sites (tertiary alicyclic amines) is 1. The fourth-order valence-electron chi connectivity index (χ4n) is 2.34. The number of aryl methyl sites for hydroxylation is 1. The summed E-state index contributed by atoms with van der Waals surface area (Å²) in [5.41, 5.74) is 0.978. The van der Waals surface area contributed by atoms with Crippen molar-refractivity contribution in [1.82, 2.24) is 14.8 Å². The smallest absolute Gasteiger partial charge is 0.246 e. The molecule has 0 radical (unpaired) electrons. The van der Waals surface area contributed by atoms with E-state index >= 15 is 0 Å². The molecule has 5 nitrogen and oxygen atoms in total. The van der Waals surface area contributed by atoms with Gasteiger partial charge in [0.15, 0.2) is 0 Å². The molecule has 0 aromatic carbocycles. The number of nitrogens with zero attached hydrogens (tertiary/aromatic N) is 3. The zero-order valence-electron chi connectivity index (χ0n) is 11.5. The van der Waals surface area contributed by atoms with E-state index in [1.54, 1.807) is 18.4 Å². The summed E-state index contributed by atoms with van der Waals surface area (Å²) in [7, 11) is 1.56. The minimum Gasteiger partial charge on any atom is -0.286 e. The minimum atomic E-state index is -0.320. The van der Waals surface area contributed by atoms with Crippen LogP contribution in [0.3, 0.4) is 0 Å². The standard InChI is InChI=1S/C13H19N3O2S/c1-4-5-16(7-10-8-19-9(2)14-10)11-6-12(17)15(3)13(11)18/h8,11H,4-7H2,1-3H3/t11-/m0/s1. The van der Waals surface area contributed by atoms with E-state index in [9.17, 15) is 9.59 Å². The molecule has 1 aliphatic heterocycles. The number of rotatable bonds is 5. The maximum atomic E-state index is 12.1. The first-order chi connectivity index (χ1) is 9.02. The van der Waals surface area contributed by atoms with Gasteiger partial charge in [-0.1, -0.05) is 6.92 Å². The van der Waals surface area contributed by atoms with E-state index in [0.717, 1.165) is 23.7 Å². The lowest BCUT2D eigenvalue weighted by atomic mass is 10.2. The molecule has 19 heavy (non-hydrogen) atoms. The lowest BCUT2D eigenvalue weighted by Crippen LogP contribution is -2.41. The lowest BCUT2D eigenvalue weighted by molar-refractivity contribution is -0.138. The second-order valence-corrected chi connectivity index (χ2v) is 5.90. The van der Waals surface area contributed by atoms with Gasteiger partial charge in [-0.05, 0) is 19.9 Å². The fraction of sp³-hybridized carbons (Fsp3) is 0.615. The molecule has 1 aromatic heterocycles. The first-order valence-electron chi connectivity index (χ1n) is 6.48. The highest BCUT2D eigenvalue weighted by Gasteiger charge is 2.39. The van der Waals surface area contributed by atoms with Crippen LogP contribution in [-0.2, 0) is 16.1 Å². The molecule has 2 heterocycles. The summed E-state index contributed by atoms with van der Waals surface area (Å²) in [6.45, 7) is 5.48. The van der Waals surface area contributed by atoms with Crippen LogP contribution in [-0.4, -0.2) is 46.2 Å². The highest BCUT2D eigenvalue weighted by Crippen LogP contribution is 2.20. The fourth-order valence-corrected chi connectivity index (χ4v) is 2.95. The molecule has 0 unspecified atom stereocenters. The van der Waals surface area contributed by atoms with Crippen LogP contribution in [0.25, 0.3) is 0 Å². The SMILES string of the molecule is CCCN(Cc1csc(C)n1)[C@H]1CC(=O)N(C)C1=O. The zero-order chi connectivity index (χ0) is 14.0. The molecule has 0 bridgehead atoms. The molecule has 104 valence electrons. The normalized spacial score (nSPS) is 19.8. The van der Waals surface area contributed by atoms with Gasteiger partial charge in [0.2, 0.25) is 11.8 Å². The second-order valence-electron chi connectivity index (χ2n) is 4.84. The Morgan fingerprint density at radius 1 is 1.53 bits per heavy atom. The number of carbonyl (C=O) groups is 2. The Hall–Kier alpha value is -1.27. The average molecular weight is 281 g/mol. The van der Waals surface area contributed by atoms with Crippen molar-refractivity contribution in [2.24, 2.45) is 0 Å². The predicted octanol–water partition coefficient (Wildman–Crippen LogP) is 1.42. The van der Waals surface area contributed by atoms with Crippen LogP contribution < -0.4 is 0 Å². The molecule has 2 amide bonds. The van der Waals surface area contributed by atoms with Crippen molar-refractivity contribution in [3.05, 3.63) is 16.1 Å². The van der Waals surface area contributed by atoms with Gasteiger partial charge in [-0.2, -0.15) is 0 Å². The van der Waals surface area contributed by atoms with Gasteiger partial charge in [-0.15, -0.1) is 11.3 Å². The molecule has 1 fully saturated rings. The first-order valence-corrected chi connectivity index (χ1v) is 7.36. The number of aromatic nitrogens is 1. The zero-order valence-corrected chi connectivity index (χ0v) is 12.4. The summed E-state index contributed by atoms with van der Waals surface area (Å²) in [5, 5.41) is 3.04. The Morgan fingerprint density at radius 2 is 2.26 bits per heavy atom. The van der Waals surface area contributed by atoms with Crippen molar-refractivity contribution in [2.45, 2.75) is 39.3 Å². The van der Waals surface area contributed by atoms with Gasteiger partial charge in [0.1, 0.15) is 0 Å². The predicted molar refractivity (Wildman–Crippen MR) is 73.7 cm³/mol. The van der Waals surface area contributed by atoms with Crippen LogP contribution >= 0.6 is 11.3 Å². The number of likely N-dealkylation sites (N-methyl/N-ethyl adjacent to an activating group) is 1. The topological polar surface area (TPSA) is 53.5 Å². The number of thiazole rings is 1. The molecule has 0 aliphatic carbocycles. The number of hydrogen-bond acceptors (Lipinski definition) is 5. The van der Waals surface area contributed by atoms with E-state index in [2.05, 4.69) is 16.8 Å². The molecule has 0 spiro atoms. The Balaban J connectivity index is 2.12. The molecule has 2 rings (SSSR count). The van der Waals surface area contributed by atoms with Crippen LogP contribution in [0.1, 0.15) is 30.5 Å². The van der Waals surface area contributed by atoms with Crippen LogP contribution in [0.5, 0.6) is 0 Å². The molecule has 1 atom stereocenters. The highest BCUT2D eigenvalue weighted by atomic mass is 32.1. The summed E-state index contributed by atoms with van der Waals surface area (Å²) in [6, 6.07) is -0.320. The van der Waals surface area contributed by atoms with Gasteiger partial charge >= 0.3 is 0 Å². The highest BCUT2D eigenvalue weighted by molar-refractivity contribution is 7.09. The summed E-state index contributed by atoms with van der Waals surface area (Å²) in [5.74, 6) is -0.184. The second kappa shape index (κ2) is 5.79. The quantitative estimate of drug-likeness (QED) is 0.766. The Bertz CT molecular complexity index is 486. The molecule has 6 heteroatoms. The number of carbonyl (C=O) groups excluding carboxylic acids is 2. The van der Waals surface area contributed by atoms with Gasteiger partial charge in [0, 0.05) is 19.0 Å². The molecule has 0 saturated carbocycles. The average Bonchev–Trinajstić information content (AvgIpc) is 2.88. The van der Waals surface area contributed by atoms with E-state index in [0.29, 0.717) is 13.0 Å². The Morgan fingerprint density at radius 3 is 2.74 bits per heavy atom. The number of imide groups is 1. The van der Waals surface area contributed by atoms with Crippen LogP contribution in [0.15, 0.2) is 5.38 Å². The summed E-state index contributed by atoms with van der Waals surface area (Å²) >= 11 is 1.61. The van der Waals surface area contributed by atoms with E-state index in [4.69, 9.17) is 0 Å². The van der Waals surface area contributed by atoms with Crippen LogP contribution in [0.4, 0.5) is 0 Å². The van der Waals surface area contributed by atoms with Crippen molar-refractivity contribution in [3.63, 3.8) is 0 Å². The Kier molecular flexibility index (Phi) is 4.31. The van der Waals surface area contributed by atoms with Crippen molar-refractivity contribution >= 4 is 23.2 Å². The maximum absolute atomic E-state index is 12.1. The third-order valence-corrected chi connectivity index (χ3v) is 4.16. The Labute approximate surface area is 117 Å². The van der Waals surface area contributed by atoms with E-state index in [1.807, 2.05) is 12.3 Å². The molecular weight excluding hydrogens is 262 g/mol. The molecule has 1 aliphatic rings. The summed E-state index contributed by atoms with van der Waals surface area (Å²) in [4.78, 5) is 31.4. The molecule has 1 aromatic rings. The van der Waals surface area contributed by atoms with Gasteiger partial charge < -0.3 is 0 Å². The van der Waals surface area contributed by atoms with Gasteiger partial charge in [0.05, 0.1) is 23.2 Å². The number of amides is 2. The van der Waals surface area contributed by atoms with Crippen LogP contribution in [0.2, 0.25) is 0 Å². The van der Waals surface area contributed by atoms with Crippen molar-refractivity contribution in [3.8, 4) is 0 Å². The van der Waals surface area contributed by atoms with E-state index < -0.39 is 0 Å². The summed E-state index contributed by atoms with van der Waals surface area (Å²) < 4.78 is 0. The minimum absolute atomic E-state index is 0.0921. The van der Waals surface area contributed by atoms with Crippen LogP contribution in [0, 0.1) is 6.92 Å². The third kappa shape index (κ3) is 3.01. The third-order valence-electron chi connectivity index (χ3n) is 3.34. The molecular formula is C13H19N3O2S. The molecule has 1 saturated heterocycles. The first kappa shape index (κ1) is 14.1. The van der Waals surface area contributed by atoms with E-state index in [1.165, 1.54) is 4.90 Å². The van der Waals surface area contributed by atoms with Crippen molar-refractivity contribution < 1.29 is 9.59 Å². The summed E-state index contributed by atoms with van der Waals surface area (Å²) in [6.07, 6.45) is 1.24. The van der Waals surface area contributed by atoms with E-state index in [-0.39, 0.29) is 17.9 Å². The van der Waals surface area contributed by atoms with Gasteiger partial charge in [-0.25, -0.2) is 4.98 Å². The van der Waals surface area contributed by atoms with Crippen molar-refractivity contribution in [1.29, 1.82) is 0 Å². The van der Waals surface area contributed by atoms with Crippen molar-refractivity contribution in [2.75, 3.05) is 13.6 Å². The maximum Gasteiger partial charge on any atom is 0.246 e. The van der Waals surface area contributed by atoms with Gasteiger partial charge in [0.25, 0.3) is 0 Å². The van der Waals surface area contributed by atoms with Gasteiger partial charge in [-0.3, -0.25) is 19.4 Å². The largest absolute Gasteiger partial charge is 0.286 e. The lowest BCUT2D eigenvalue weighted by Gasteiger charge is -2.25. The molecule has 0 N–H and O–H groups in total. The monoisotopic (exact) mass is 281 g/mol.